The van der Waals surface area contributed by atoms with Crippen LogP contribution in [-0.2, 0) is 21.7 Å². The van der Waals surface area contributed by atoms with Gasteiger partial charge in [0.15, 0.2) is 0 Å². The van der Waals surface area contributed by atoms with Gasteiger partial charge in [-0.15, -0.1) is 6.54 Å². The van der Waals surface area contributed by atoms with Crippen LogP contribution in [0.25, 0.3) is 5.32 Å². The Kier molecular flexibility index (Phi) is 26.2. The van der Waals surface area contributed by atoms with Crippen molar-refractivity contribution in [1.82, 2.24) is 0 Å². The second-order valence-corrected chi connectivity index (χ2v) is 2.21. The van der Waals surface area contributed by atoms with Crippen molar-refractivity contribution in [2.75, 3.05) is 13.6 Å². The molecule has 0 aromatic carbocycles. The Hall–Kier alpha value is 0.154. The smallest absolute Gasteiger partial charge is 0.665 e. The maximum Gasteiger partial charge on any atom is 4.00 e. The van der Waals surface area contributed by atoms with Gasteiger partial charge in [0, 0.05) is 0 Å². The molecule has 0 spiro atoms. The Balaban J connectivity index is -0.000000101. The largest absolute Gasteiger partial charge is 4.00 e. The Morgan fingerprint density at radius 1 is 1.31 bits per heavy atom. The zero-order chi connectivity index (χ0) is 6.53. The van der Waals surface area contributed by atoms with Crippen molar-refractivity contribution in [3.8, 4) is 0 Å². The zero-order valence-electron chi connectivity index (χ0n) is 9.30. The third kappa shape index (κ3) is 10.1. The summed E-state index contributed by atoms with van der Waals surface area (Å²) in [6.07, 6.45) is 8.87. The van der Waals surface area contributed by atoms with Gasteiger partial charge in [-0.05, 0) is 12.8 Å². The summed E-state index contributed by atoms with van der Waals surface area (Å²) in [7, 11) is 1.86. The molecule has 0 radical (unpaired) electrons. The van der Waals surface area contributed by atoms with Crippen molar-refractivity contribution in [2.45, 2.75) is 12.8 Å². The van der Waals surface area contributed by atoms with E-state index in [0.29, 0.717) is 0 Å². The summed E-state index contributed by atoms with van der Waals surface area (Å²) < 4.78 is 0. The van der Waals surface area contributed by atoms with Crippen LogP contribution in [0.1, 0.15) is 12.8 Å². The average molecular weight is 215 g/mol. The van der Waals surface area contributed by atoms with E-state index in [2.05, 4.69) is 23.5 Å². The van der Waals surface area contributed by atoms with E-state index < -0.39 is 0 Å². The molecule has 74 valence electrons. The number of rotatable bonds is 3. The first kappa shape index (κ1) is 23.2. The Bertz CT molecular complexity index is 139. The van der Waals surface area contributed by atoms with Crippen molar-refractivity contribution < 1.29 is 21.7 Å². The first-order valence-electron chi connectivity index (χ1n) is 3.34. The van der Waals surface area contributed by atoms with Gasteiger partial charge in [0.1, 0.15) is 0 Å². The van der Waals surface area contributed by atoms with Crippen LogP contribution in [0.15, 0.2) is 23.8 Å². The third-order valence-corrected chi connectivity index (χ3v) is 1.47. The maximum absolute atomic E-state index is 4.02. The van der Waals surface area contributed by atoms with Crippen LogP contribution >= 0.6 is 0 Å². The molecule has 1 aliphatic carbocycles. The number of nitrogens with zero attached hydrogens (tertiary/aromatic N) is 1. The first-order chi connectivity index (χ1) is 4.43. The molecular formula is C11H21NTi. The van der Waals surface area contributed by atoms with Crippen LogP contribution in [0, 0.1) is 22.3 Å². The van der Waals surface area contributed by atoms with E-state index in [1.165, 1.54) is 5.57 Å². The number of hydrogen-bond donors (Lipinski definition) is 0. The quantitative estimate of drug-likeness (QED) is 0.504. The molecule has 1 rings (SSSR count). The van der Waals surface area contributed by atoms with Gasteiger partial charge in [-0.2, -0.15) is 7.05 Å². The summed E-state index contributed by atoms with van der Waals surface area (Å²) in [6, 6.07) is 0. The third-order valence-electron chi connectivity index (χ3n) is 1.47. The van der Waals surface area contributed by atoms with Crippen molar-refractivity contribution in [3.05, 3.63) is 51.4 Å². The molecule has 1 nitrogen and oxygen atoms in total. The van der Waals surface area contributed by atoms with Gasteiger partial charge in [0.05, 0.1) is 0 Å². The molecule has 0 fully saturated rings. The van der Waals surface area contributed by atoms with Gasteiger partial charge in [-0.25, -0.2) is 0 Å². The van der Waals surface area contributed by atoms with Gasteiger partial charge in [-0.1, -0.05) is 23.8 Å². The molecule has 0 heterocycles. The SMILES string of the molecule is C[N-]CCC1=CCC=C1.[CH3-].[CH3-].[CH3-].[Ti+4]. The van der Waals surface area contributed by atoms with Crippen LogP contribution in [-0.4, -0.2) is 13.6 Å². The normalized spacial score (nSPS) is 11.3. The first-order valence-corrected chi connectivity index (χ1v) is 3.34. The average Bonchev–Trinajstić information content (AvgIpc) is 2.34. The van der Waals surface area contributed by atoms with Crippen molar-refractivity contribution in [1.29, 1.82) is 0 Å². The van der Waals surface area contributed by atoms with E-state index in [0.717, 1.165) is 19.4 Å². The second-order valence-electron chi connectivity index (χ2n) is 2.21. The fraction of sp³-hybridized carbons (Fsp3) is 0.364. The van der Waals surface area contributed by atoms with Crippen LogP contribution in [0.5, 0.6) is 0 Å². The molecule has 0 aromatic rings. The molecule has 0 saturated heterocycles. The zero-order valence-corrected chi connectivity index (χ0v) is 10.9. The summed E-state index contributed by atoms with van der Waals surface area (Å²) >= 11 is 0. The molecule has 0 bridgehead atoms. The van der Waals surface area contributed by atoms with E-state index >= 15 is 0 Å². The molecule has 1 aliphatic rings. The summed E-state index contributed by atoms with van der Waals surface area (Å²) in [4.78, 5) is 0. The fourth-order valence-corrected chi connectivity index (χ4v) is 0.933. The van der Waals surface area contributed by atoms with Crippen LogP contribution in [0.2, 0.25) is 0 Å². The topological polar surface area (TPSA) is 14.1 Å². The summed E-state index contributed by atoms with van der Waals surface area (Å²) in [6.45, 7) is 0.968. The Labute approximate surface area is 99.6 Å². The standard InChI is InChI=1S/C8H12N.3CH3.Ti/c1-9-7-6-8-4-2-3-5-8;;;;/h2,4-5H,3,6-7H2,1H3;3*1H3;/q4*-1;+4. The fourth-order valence-electron chi connectivity index (χ4n) is 0.933. The van der Waals surface area contributed by atoms with Gasteiger partial charge in [0.25, 0.3) is 0 Å². The second kappa shape index (κ2) is 14.7. The van der Waals surface area contributed by atoms with Gasteiger partial charge >= 0.3 is 21.7 Å². The molecule has 0 N–H and O–H groups in total. The van der Waals surface area contributed by atoms with Crippen LogP contribution < -0.4 is 0 Å². The van der Waals surface area contributed by atoms with Gasteiger partial charge in [0.2, 0.25) is 0 Å². The van der Waals surface area contributed by atoms with E-state index in [9.17, 15) is 0 Å². The van der Waals surface area contributed by atoms with E-state index in [1.807, 2.05) is 7.05 Å². The molecule has 13 heavy (non-hydrogen) atoms. The minimum atomic E-state index is 0. The molecule has 0 aliphatic heterocycles. The Morgan fingerprint density at radius 2 is 1.92 bits per heavy atom. The van der Waals surface area contributed by atoms with E-state index in [4.69, 9.17) is 0 Å². The molecule has 0 aromatic heterocycles. The van der Waals surface area contributed by atoms with Crippen molar-refractivity contribution in [3.63, 3.8) is 0 Å². The minimum absolute atomic E-state index is 0. The van der Waals surface area contributed by atoms with Gasteiger partial charge < -0.3 is 27.6 Å². The van der Waals surface area contributed by atoms with Crippen molar-refractivity contribution >= 4 is 0 Å². The van der Waals surface area contributed by atoms with Crippen LogP contribution in [0.3, 0.4) is 0 Å². The molecule has 0 amide bonds. The predicted octanol–water partition coefficient (Wildman–Crippen LogP) is 3.61. The number of hydrogen-bond acceptors (Lipinski definition) is 0. The molecule has 0 saturated carbocycles. The Morgan fingerprint density at radius 3 is 2.31 bits per heavy atom. The molecule has 0 atom stereocenters. The summed E-state index contributed by atoms with van der Waals surface area (Å²) in [5.41, 5.74) is 1.45. The molecule has 2 heteroatoms. The number of allylic oxidation sites excluding steroid dienone is 3. The summed E-state index contributed by atoms with van der Waals surface area (Å²) in [5, 5.41) is 4.02. The van der Waals surface area contributed by atoms with E-state index in [-0.39, 0.29) is 44.0 Å². The monoisotopic (exact) mass is 215 g/mol. The predicted molar refractivity (Wildman–Crippen MR) is 59.8 cm³/mol. The molecule has 0 unspecified atom stereocenters. The minimum Gasteiger partial charge on any atom is -0.665 e. The van der Waals surface area contributed by atoms with Crippen molar-refractivity contribution in [2.24, 2.45) is 0 Å². The van der Waals surface area contributed by atoms with Crippen LogP contribution in [0.4, 0.5) is 0 Å². The van der Waals surface area contributed by atoms with E-state index in [1.54, 1.807) is 0 Å². The maximum atomic E-state index is 4.02. The molecular weight excluding hydrogens is 194 g/mol. The summed E-state index contributed by atoms with van der Waals surface area (Å²) in [5.74, 6) is 0. The van der Waals surface area contributed by atoms with Gasteiger partial charge in [-0.3, -0.25) is 0 Å².